The lowest BCUT2D eigenvalue weighted by atomic mass is 10.1. The highest BCUT2D eigenvalue weighted by atomic mass is 35.5. The number of nitrogens with zero attached hydrogens (tertiary/aromatic N) is 2. The van der Waals surface area contributed by atoms with E-state index in [4.69, 9.17) is 16.3 Å². The van der Waals surface area contributed by atoms with Gasteiger partial charge in [0.05, 0.1) is 16.7 Å². The number of ether oxygens (including phenoxy) is 1. The van der Waals surface area contributed by atoms with Crippen molar-refractivity contribution in [2.75, 3.05) is 26.0 Å². The van der Waals surface area contributed by atoms with Crippen molar-refractivity contribution < 1.29 is 9.53 Å². The van der Waals surface area contributed by atoms with Crippen molar-refractivity contribution in [3.8, 4) is 0 Å². The highest BCUT2D eigenvalue weighted by Gasteiger charge is 2.13. The molecule has 1 aromatic heterocycles. The minimum atomic E-state index is -0.139. The van der Waals surface area contributed by atoms with Crippen molar-refractivity contribution >= 4 is 40.2 Å². The summed E-state index contributed by atoms with van der Waals surface area (Å²) in [6.07, 6.45) is 1.44. The van der Waals surface area contributed by atoms with E-state index in [1.165, 1.54) is 17.3 Å². The molecule has 0 saturated carbocycles. The standard InChI is InChI=1S/C22H24ClN3O3S/c1-29-13-5-12-26-21(28)18-9-8-17(23)14-19(18)25-22(26)30-15-20(27)24-11-10-16-6-3-2-4-7-16/h2-4,6-9,14H,5,10-13,15H2,1H3,(H,24,27). The van der Waals surface area contributed by atoms with Gasteiger partial charge in [0.1, 0.15) is 0 Å². The van der Waals surface area contributed by atoms with Gasteiger partial charge in [-0.3, -0.25) is 14.2 Å². The van der Waals surface area contributed by atoms with E-state index in [0.717, 1.165) is 6.42 Å². The fourth-order valence-corrected chi connectivity index (χ4v) is 4.04. The van der Waals surface area contributed by atoms with Crippen molar-refractivity contribution in [2.24, 2.45) is 0 Å². The first-order valence-corrected chi connectivity index (χ1v) is 11.1. The van der Waals surface area contributed by atoms with Crippen LogP contribution in [0, 0.1) is 0 Å². The molecule has 0 saturated heterocycles. The summed E-state index contributed by atoms with van der Waals surface area (Å²) in [4.78, 5) is 29.8. The van der Waals surface area contributed by atoms with Gasteiger partial charge in [0.25, 0.3) is 5.56 Å². The number of thioether (sulfide) groups is 1. The number of rotatable bonds is 10. The lowest BCUT2D eigenvalue weighted by Crippen LogP contribution is -2.28. The summed E-state index contributed by atoms with van der Waals surface area (Å²) in [5.41, 5.74) is 1.56. The number of aromatic nitrogens is 2. The molecule has 158 valence electrons. The van der Waals surface area contributed by atoms with Crippen LogP contribution in [0.3, 0.4) is 0 Å². The molecule has 6 nitrogen and oxygen atoms in total. The minimum Gasteiger partial charge on any atom is -0.385 e. The van der Waals surface area contributed by atoms with Crippen molar-refractivity contribution in [1.82, 2.24) is 14.9 Å². The molecular formula is C22H24ClN3O3S. The van der Waals surface area contributed by atoms with Gasteiger partial charge in [-0.15, -0.1) is 0 Å². The maximum Gasteiger partial charge on any atom is 0.262 e. The molecule has 0 fully saturated rings. The number of benzene rings is 2. The Bertz CT molecular complexity index is 1060. The number of hydrogen-bond donors (Lipinski definition) is 1. The van der Waals surface area contributed by atoms with Gasteiger partial charge in [-0.2, -0.15) is 0 Å². The van der Waals surface area contributed by atoms with E-state index in [1.807, 2.05) is 30.3 Å². The van der Waals surface area contributed by atoms with E-state index in [1.54, 1.807) is 29.9 Å². The van der Waals surface area contributed by atoms with Gasteiger partial charge >= 0.3 is 0 Å². The molecule has 1 N–H and O–H groups in total. The number of carbonyl (C=O) groups is 1. The average Bonchev–Trinajstić information content (AvgIpc) is 2.74. The van der Waals surface area contributed by atoms with E-state index < -0.39 is 0 Å². The molecular weight excluding hydrogens is 422 g/mol. The Kier molecular flexibility index (Phi) is 8.30. The minimum absolute atomic E-state index is 0.0974. The van der Waals surface area contributed by atoms with Gasteiger partial charge in [-0.25, -0.2) is 4.98 Å². The van der Waals surface area contributed by atoms with Gasteiger partial charge in [-0.05, 0) is 36.6 Å². The monoisotopic (exact) mass is 445 g/mol. The van der Waals surface area contributed by atoms with Crippen molar-refractivity contribution in [1.29, 1.82) is 0 Å². The third-order valence-corrected chi connectivity index (χ3v) is 5.74. The van der Waals surface area contributed by atoms with Crippen LogP contribution in [0.1, 0.15) is 12.0 Å². The lowest BCUT2D eigenvalue weighted by Gasteiger charge is -2.13. The van der Waals surface area contributed by atoms with E-state index in [-0.39, 0.29) is 17.2 Å². The Balaban J connectivity index is 1.69. The quantitative estimate of drug-likeness (QED) is 0.293. The normalized spacial score (nSPS) is 11.0. The Morgan fingerprint density at radius 2 is 2.03 bits per heavy atom. The fourth-order valence-electron chi connectivity index (χ4n) is 3.02. The SMILES string of the molecule is COCCCn1c(SCC(=O)NCCc2ccccc2)nc2cc(Cl)ccc2c1=O. The predicted molar refractivity (Wildman–Crippen MR) is 121 cm³/mol. The summed E-state index contributed by atoms with van der Waals surface area (Å²) in [5, 5.41) is 4.44. The highest BCUT2D eigenvalue weighted by Crippen LogP contribution is 2.20. The second-order valence-corrected chi connectivity index (χ2v) is 8.11. The number of methoxy groups -OCH3 is 1. The Hall–Kier alpha value is -2.35. The third kappa shape index (κ3) is 6.08. The second kappa shape index (κ2) is 11.2. The zero-order chi connectivity index (χ0) is 21.3. The molecule has 0 aliphatic carbocycles. The maximum atomic E-state index is 13.0. The van der Waals surface area contributed by atoms with Gasteiger partial charge < -0.3 is 10.1 Å². The highest BCUT2D eigenvalue weighted by molar-refractivity contribution is 7.99. The molecule has 30 heavy (non-hydrogen) atoms. The zero-order valence-electron chi connectivity index (χ0n) is 16.8. The second-order valence-electron chi connectivity index (χ2n) is 6.73. The van der Waals surface area contributed by atoms with Crippen LogP contribution in [-0.4, -0.2) is 41.5 Å². The smallest absolute Gasteiger partial charge is 0.262 e. The molecule has 0 atom stereocenters. The Morgan fingerprint density at radius 3 is 2.80 bits per heavy atom. The number of carbonyl (C=O) groups excluding carboxylic acids is 1. The summed E-state index contributed by atoms with van der Waals surface area (Å²) in [6.45, 7) is 1.57. The molecule has 0 aliphatic rings. The van der Waals surface area contributed by atoms with Crippen LogP contribution in [-0.2, 0) is 22.5 Å². The molecule has 2 aromatic carbocycles. The summed E-state index contributed by atoms with van der Waals surface area (Å²) in [7, 11) is 1.62. The molecule has 0 aliphatic heterocycles. The third-order valence-electron chi connectivity index (χ3n) is 4.52. The first-order chi connectivity index (χ1) is 14.6. The van der Waals surface area contributed by atoms with Crippen LogP contribution in [0.5, 0.6) is 0 Å². The van der Waals surface area contributed by atoms with Crippen molar-refractivity contribution in [3.05, 3.63) is 69.5 Å². The summed E-state index contributed by atoms with van der Waals surface area (Å²) in [6, 6.07) is 15.0. The van der Waals surface area contributed by atoms with Crippen LogP contribution in [0.25, 0.3) is 10.9 Å². The number of fused-ring (bicyclic) bond motifs is 1. The summed E-state index contributed by atoms with van der Waals surface area (Å²) < 4.78 is 6.71. The molecule has 1 amide bonds. The summed E-state index contributed by atoms with van der Waals surface area (Å²) >= 11 is 7.31. The maximum absolute atomic E-state index is 13.0. The van der Waals surface area contributed by atoms with E-state index >= 15 is 0 Å². The Morgan fingerprint density at radius 1 is 1.23 bits per heavy atom. The number of halogens is 1. The van der Waals surface area contributed by atoms with Crippen LogP contribution in [0.2, 0.25) is 5.02 Å². The molecule has 1 heterocycles. The van der Waals surface area contributed by atoms with E-state index in [0.29, 0.717) is 47.2 Å². The van der Waals surface area contributed by atoms with Gasteiger partial charge in [0.15, 0.2) is 5.16 Å². The molecule has 0 spiro atoms. The number of hydrogen-bond acceptors (Lipinski definition) is 5. The van der Waals surface area contributed by atoms with Gasteiger partial charge in [0, 0.05) is 31.8 Å². The van der Waals surface area contributed by atoms with Gasteiger partial charge in [-0.1, -0.05) is 53.7 Å². The average molecular weight is 446 g/mol. The molecule has 3 rings (SSSR count). The molecule has 0 bridgehead atoms. The zero-order valence-corrected chi connectivity index (χ0v) is 18.3. The van der Waals surface area contributed by atoms with Crippen LogP contribution < -0.4 is 10.9 Å². The molecule has 0 unspecified atom stereocenters. The van der Waals surface area contributed by atoms with Crippen molar-refractivity contribution in [2.45, 2.75) is 24.5 Å². The largest absolute Gasteiger partial charge is 0.385 e. The molecule has 8 heteroatoms. The molecule has 0 radical (unpaired) electrons. The van der Waals surface area contributed by atoms with Crippen LogP contribution >= 0.6 is 23.4 Å². The fraction of sp³-hybridized carbons (Fsp3) is 0.318. The molecule has 3 aromatic rings. The lowest BCUT2D eigenvalue weighted by molar-refractivity contribution is -0.118. The topological polar surface area (TPSA) is 73.2 Å². The first-order valence-electron chi connectivity index (χ1n) is 9.71. The van der Waals surface area contributed by atoms with Crippen molar-refractivity contribution in [3.63, 3.8) is 0 Å². The Labute approximate surface area is 184 Å². The van der Waals surface area contributed by atoms with Crippen LogP contribution in [0.15, 0.2) is 58.5 Å². The first kappa shape index (κ1) is 22.3. The van der Waals surface area contributed by atoms with E-state index in [9.17, 15) is 9.59 Å². The number of nitrogens with one attached hydrogen (secondary N) is 1. The van der Waals surface area contributed by atoms with Crippen LogP contribution in [0.4, 0.5) is 0 Å². The number of amides is 1. The predicted octanol–water partition coefficient (Wildman–Crippen LogP) is 3.54. The van der Waals surface area contributed by atoms with Gasteiger partial charge in [0.2, 0.25) is 5.91 Å². The van der Waals surface area contributed by atoms with E-state index in [2.05, 4.69) is 10.3 Å². The summed E-state index contributed by atoms with van der Waals surface area (Å²) in [5.74, 6) is 0.0808.